The molecule has 0 spiro atoms. The predicted molar refractivity (Wildman–Crippen MR) is 60.8 cm³/mol. The van der Waals surface area contributed by atoms with Gasteiger partial charge < -0.3 is 11.1 Å². The summed E-state index contributed by atoms with van der Waals surface area (Å²) in [5.74, 6) is -0.0606. The second kappa shape index (κ2) is 5.68. The van der Waals surface area contributed by atoms with Crippen LogP contribution in [0.4, 0.5) is 5.69 Å². The summed E-state index contributed by atoms with van der Waals surface area (Å²) in [7, 11) is 0. The zero-order valence-corrected chi connectivity index (χ0v) is 9.29. The molecule has 1 atom stereocenters. The number of anilines is 1. The van der Waals surface area contributed by atoms with Crippen molar-refractivity contribution >= 4 is 23.2 Å². The number of pyridine rings is 1. The molecule has 0 radical (unpaired) electrons. The lowest BCUT2D eigenvalue weighted by Gasteiger charge is -2.06. The zero-order valence-electron chi connectivity index (χ0n) is 8.53. The van der Waals surface area contributed by atoms with Crippen molar-refractivity contribution in [2.24, 2.45) is 5.73 Å². The Labute approximate surface area is 93.8 Å². The standard InChI is InChI=1S/C10H14ClN3O/c1-7(12)2-3-10(15)14-8-4-5-13-9(11)6-8/h4-7H,2-3,12H2,1H3,(H,13,14,15). The van der Waals surface area contributed by atoms with Gasteiger partial charge in [-0.3, -0.25) is 4.79 Å². The van der Waals surface area contributed by atoms with Gasteiger partial charge in [-0.25, -0.2) is 4.98 Å². The summed E-state index contributed by atoms with van der Waals surface area (Å²) in [5, 5.41) is 3.08. The number of hydrogen-bond donors (Lipinski definition) is 2. The van der Waals surface area contributed by atoms with Gasteiger partial charge in [-0.1, -0.05) is 11.6 Å². The molecule has 3 N–H and O–H groups in total. The topological polar surface area (TPSA) is 68.0 Å². The molecule has 1 amide bonds. The third kappa shape index (κ3) is 4.76. The first-order valence-electron chi connectivity index (χ1n) is 4.75. The SMILES string of the molecule is CC(N)CCC(=O)Nc1ccnc(Cl)c1. The summed E-state index contributed by atoms with van der Waals surface area (Å²) < 4.78 is 0. The van der Waals surface area contributed by atoms with Crippen molar-refractivity contribution in [2.75, 3.05) is 5.32 Å². The first kappa shape index (κ1) is 11.9. The van der Waals surface area contributed by atoms with Crippen LogP contribution in [-0.2, 0) is 4.79 Å². The molecule has 0 saturated heterocycles. The maximum atomic E-state index is 11.4. The molecule has 0 fully saturated rings. The van der Waals surface area contributed by atoms with Crippen LogP contribution in [0.3, 0.4) is 0 Å². The van der Waals surface area contributed by atoms with E-state index in [1.807, 2.05) is 6.92 Å². The van der Waals surface area contributed by atoms with Crippen LogP contribution in [0.25, 0.3) is 0 Å². The van der Waals surface area contributed by atoms with Gasteiger partial charge in [-0.2, -0.15) is 0 Å². The van der Waals surface area contributed by atoms with E-state index in [0.717, 1.165) is 0 Å². The molecule has 0 bridgehead atoms. The lowest BCUT2D eigenvalue weighted by atomic mass is 10.2. The van der Waals surface area contributed by atoms with Gasteiger partial charge in [0.15, 0.2) is 0 Å². The van der Waals surface area contributed by atoms with Crippen molar-refractivity contribution in [1.29, 1.82) is 0 Å². The number of nitrogens with one attached hydrogen (secondary N) is 1. The van der Waals surface area contributed by atoms with Gasteiger partial charge in [0.1, 0.15) is 5.15 Å². The molecular weight excluding hydrogens is 214 g/mol. The number of nitrogens with two attached hydrogens (primary N) is 1. The number of nitrogens with zero attached hydrogens (tertiary/aromatic N) is 1. The average Bonchev–Trinajstić information content (AvgIpc) is 2.15. The van der Waals surface area contributed by atoms with Gasteiger partial charge in [-0.05, 0) is 25.5 Å². The number of rotatable bonds is 4. The number of hydrogen-bond acceptors (Lipinski definition) is 3. The van der Waals surface area contributed by atoms with E-state index >= 15 is 0 Å². The van der Waals surface area contributed by atoms with Crippen LogP contribution in [-0.4, -0.2) is 16.9 Å². The van der Waals surface area contributed by atoms with Crippen molar-refractivity contribution in [3.8, 4) is 0 Å². The summed E-state index contributed by atoms with van der Waals surface area (Å²) in [4.78, 5) is 15.2. The van der Waals surface area contributed by atoms with E-state index in [1.54, 1.807) is 18.3 Å². The third-order valence-electron chi connectivity index (χ3n) is 1.84. The first-order chi connectivity index (χ1) is 7.08. The molecular formula is C10H14ClN3O. The van der Waals surface area contributed by atoms with Gasteiger partial charge in [0.2, 0.25) is 5.91 Å². The Balaban J connectivity index is 2.44. The molecule has 1 aromatic rings. The Morgan fingerprint density at radius 1 is 1.73 bits per heavy atom. The Bertz CT molecular complexity index is 341. The maximum absolute atomic E-state index is 11.4. The quantitative estimate of drug-likeness (QED) is 0.771. The Hall–Kier alpha value is -1.13. The molecule has 15 heavy (non-hydrogen) atoms. The van der Waals surface area contributed by atoms with Crippen LogP contribution >= 0.6 is 11.6 Å². The van der Waals surface area contributed by atoms with Gasteiger partial charge in [-0.15, -0.1) is 0 Å². The minimum Gasteiger partial charge on any atom is -0.328 e. The minimum atomic E-state index is -0.0606. The number of carbonyl (C=O) groups is 1. The first-order valence-corrected chi connectivity index (χ1v) is 5.12. The molecule has 5 heteroatoms. The summed E-state index contributed by atoms with van der Waals surface area (Å²) in [5.41, 5.74) is 6.20. The highest BCUT2D eigenvalue weighted by molar-refractivity contribution is 6.29. The van der Waals surface area contributed by atoms with E-state index < -0.39 is 0 Å². The van der Waals surface area contributed by atoms with E-state index in [-0.39, 0.29) is 11.9 Å². The highest BCUT2D eigenvalue weighted by Crippen LogP contribution is 2.12. The van der Waals surface area contributed by atoms with E-state index in [2.05, 4.69) is 10.3 Å². The molecule has 1 rings (SSSR count). The van der Waals surface area contributed by atoms with Crippen LogP contribution in [0.15, 0.2) is 18.3 Å². The summed E-state index contributed by atoms with van der Waals surface area (Å²) in [6, 6.07) is 3.33. The Morgan fingerprint density at radius 2 is 2.47 bits per heavy atom. The van der Waals surface area contributed by atoms with E-state index in [9.17, 15) is 4.79 Å². The van der Waals surface area contributed by atoms with Crippen molar-refractivity contribution in [3.63, 3.8) is 0 Å². The molecule has 1 heterocycles. The lowest BCUT2D eigenvalue weighted by Crippen LogP contribution is -2.19. The predicted octanol–water partition coefficient (Wildman–Crippen LogP) is 1.80. The fourth-order valence-corrected chi connectivity index (χ4v) is 1.24. The molecule has 1 unspecified atom stereocenters. The summed E-state index contributed by atoms with van der Waals surface area (Å²) >= 11 is 5.67. The molecule has 0 aliphatic carbocycles. The van der Waals surface area contributed by atoms with Crippen LogP contribution < -0.4 is 11.1 Å². The van der Waals surface area contributed by atoms with E-state index in [0.29, 0.717) is 23.7 Å². The highest BCUT2D eigenvalue weighted by atomic mass is 35.5. The molecule has 1 aromatic heterocycles. The molecule has 4 nitrogen and oxygen atoms in total. The molecule has 0 aromatic carbocycles. The van der Waals surface area contributed by atoms with Gasteiger partial charge in [0.05, 0.1) is 0 Å². The molecule has 0 aliphatic rings. The van der Waals surface area contributed by atoms with Crippen LogP contribution in [0.5, 0.6) is 0 Å². The largest absolute Gasteiger partial charge is 0.328 e. The second-order valence-electron chi connectivity index (χ2n) is 3.43. The molecule has 0 aliphatic heterocycles. The Kier molecular flexibility index (Phi) is 4.52. The summed E-state index contributed by atoms with van der Waals surface area (Å²) in [6.07, 6.45) is 2.63. The van der Waals surface area contributed by atoms with Crippen molar-refractivity contribution in [1.82, 2.24) is 4.98 Å². The van der Waals surface area contributed by atoms with Crippen molar-refractivity contribution in [2.45, 2.75) is 25.8 Å². The summed E-state index contributed by atoms with van der Waals surface area (Å²) in [6.45, 7) is 1.87. The van der Waals surface area contributed by atoms with Gasteiger partial charge in [0.25, 0.3) is 0 Å². The molecule has 82 valence electrons. The molecule has 0 saturated carbocycles. The smallest absolute Gasteiger partial charge is 0.224 e. The van der Waals surface area contributed by atoms with Crippen LogP contribution in [0, 0.1) is 0 Å². The van der Waals surface area contributed by atoms with Gasteiger partial charge in [0, 0.05) is 24.3 Å². The van der Waals surface area contributed by atoms with Gasteiger partial charge >= 0.3 is 0 Å². The number of amides is 1. The normalized spacial score (nSPS) is 12.2. The van der Waals surface area contributed by atoms with E-state index in [1.165, 1.54) is 0 Å². The zero-order chi connectivity index (χ0) is 11.3. The fourth-order valence-electron chi connectivity index (χ4n) is 1.06. The third-order valence-corrected chi connectivity index (χ3v) is 2.04. The van der Waals surface area contributed by atoms with E-state index in [4.69, 9.17) is 17.3 Å². The monoisotopic (exact) mass is 227 g/mol. The number of carbonyl (C=O) groups excluding carboxylic acids is 1. The average molecular weight is 228 g/mol. The fraction of sp³-hybridized carbons (Fsp3) is 0.400. The number of halogens is 1. The maximum Gasteiger partial charge on any atom is 0.224 e. The lowest BCUT2D eigenvalue weighted by molar-refractivity contribution is -0.116. The minimum absolute atomic E-state index is 0.0387. The van der Waals surface area contributed by atoms with Crippen molar-refractivity contribution in [3.05, 3.63) is 23.5 Å². The highest BCUT2D eigenvalue weighted by Gasteiger charge is 2.04. The Morgan fingerprint density at radius 3 is 3.07 bits per heavy atom. The van der Waals surface area contributed by atoms with Crippen molar-refractivity contribution < 1.29 is 4.79 Å². The van der Waals surface area contributed by atoms with Crippen LogP contribution in [0.1, 0.15) is 19.8 Å². The second-order valence-corrected chi connectivity index (χ2v) is 3.82. The number of aromatic nitrogens is 1. The van der Waals surface area contributed by atoms with Crippen LogP contribution in [0.2, 0.25) is 5.15 Å².